The van der Waals surface area contributed by atoms with Gasteiger partial charge in [-0.15, -0.1) is 0 Å². The van der Waals surface area contributed by atoms with E-state index in [1.165, 1.54) is 0 Å². The van der Waals surface area contributed by atoms with Crippen molar-refractivity contribution in [3.63, 3.8) is 0 Å². The maximum atomic E-state index is 12.5. The molecule has 0 aliphatic rings. The average Bonchev–Trinajstić information content (AvgIpc) is 2.41. The predicted molar refractivity (Wildman–Crippen MR) is 88.0 cm³/mol. The summed E-state index contributed by atoms with van der Waals surface area (Å²) in [5.41, 5.74) is 2.85. The van der Waals surface area contributed by atoms with Crippen molar-refractivity contribution in [3.05, 3.63) is 75.1 Å². The molecule has 2 rings (SSSR count). The molecule has 0 unspecified atom stereocenters. The fourth-order valence-corrected chi connectivity index (χ4v) is 2.78. The van der Waals surface area contributed by atoms with Crippen LogP contribution in [0, 0.1) is 13.8 Å². The minimum atomic E-state index is -0.0255. The van der Waals surface area contributed by atoms with Gasteiger partial charge in [0, 0.05) is 11.1 Å². The van der Waals surface area contributed by atoms with Crippen LogP contribution in [0.15, 0.2) is 57.2 Å². The second-order valence-corrected chi connectivity index (χ2v) is 5.42. The van der Waals surface area contributed by atoms with Crippen LogP contribution in [0.4, 0.5) is 0 Å². The first-order valence-corrected chi connectivity index (χ1v) is 6.98. The quantitative estimate of drug-likeness (QED) is 0.747. The Kier molecular flexibility index (Phi) is 4.09. The van der Waals surface area contributed by atoms with Gasteiger partial charge in [0.25, 0.3) is 0 Å². The van der Waals surface area contributed by atoms with Gasteiger partial charge >= 0.3 is 0 Å². The van der Waals surface area contributed by atoms with Gasteiger partial charge < -0.3 is 4.42 Å². The molecule has 0 N–H and O–H groups in total. The first-order chi connectivity index (χ1) is 9.49. The van der Waals surface area contributed by atoms with Gasteiger partial charge in [-0.25, -0.2) is 0 Å². The Morgan fingerprint density at radius 2 is 2.00 bits per heavy atom. The predicted octanol–water partition coefficient (Wildman–Crippen LogP) is 4.93. The molecular weight excluding hydrogens is 316 g/mol. The number of rotatable bonds is 3. The Morgan fingerprint density at radius 1 is 1.30 bits per heavy atom. The molecule has 0 spiro atoms. The van der Waals surface area contributed by atoms with Gasteiger partial charge in [0.05, 0.1) is 9.86 Å². The van der Waals surface area contributed by atoms with Crippen molar-refractivity contribution in [2.24, 2.45) is 0 Å². The molecule has 2 aromatic rings. The van der Waals surface area contributed by atoms with E-state index in [2.05, 4.69) is 29.1 Å². The van der Waals surface area contributed by atoms with Crippen LogP contribution in [0.5, 0.6) is 0 Å². The van der Waals surface area contributed by atoms with Crippen molar-refractivity contribution in [3.8, 4) is 0 Å². The number of aryl methyl sites for hydroxylation is 1. The summed E-state index contributed by atoms with van der Waals surface area (Å²) >= 11 is 3.45. The van der Waals surface area contributed by atoms with Crippen molar-refractivity contribution in [1.82, 2.24) is 0 Å². The summed E-state index contributed by atoms with van der Waals surface area (Å²) in [4.78, 5) is 12.5. The number of allylic oxidation sites excluding steroid dienone is 4. The molecule has 0 saturated carbocycles. The zero-order valence-corrected chi connectivity index (χ0v) is 13.1. The highest BCUT2D eigenvalue weighted by Gasteiger charge is 2.14. The topological polar surface area (TPSA) is 30.2 Å². The third-order valence-corrected chi connectivity index (χ3v) is 3.69. The van der Waals surface area contributed by atoms with Crippen molar-refractivity contribution in [1.29, 1.82) is 0 Å². The van der Waals surface area contributed by atoms with Gasteiger partial charge in [0.2, 0.25) is 0 Å². The summed E-state index contributed by atoms with van der Waals surface area (Å²) in [6.07, 6.45) is 5.07. The van der Waals surface area contributed by atoms with E-state index in [-0.39, 0.29) is 5.43 Å². The van der Waals surface area contributed by atoms with Gasteiger partial charge in [0.1, 0.15) is 5.76 Å². The van der Waals surface area contributed by atoms with Crippen LogP contribution < -0.4 is 5.43 Å². The highest BCUT2D eigenvalue weighted by Crippen LogP contribution is 2.28. The van der Waals surface area contributed by atoms with Gasteiger partial charge in [-0.1, -0.05) is 31.4 Å². The second kappa shape index (κ2) is 5.63. The first-order valence-electron chi connectivity index (χ1n) is 6.18. The molecule has 1 aromatic heterocycles. The molecule has 102 valence electrons. The Labute approximate surface area is 126 Å². The van der Waals surface area contributed by atoms with E-state index in [0.717, 1.165) is 15.6 Å². The molecule has 1 aromatic carbocycles. The number of benzene rings is 1. The van der Waals surface area contributed by atoms with Crippen LogP contribution in [0.3, 0.4) is 0 Å². The molecule has 0 atom stereocenters. The highest BCUT2D eigenvalue weighted by molar-refractivity contribution is 9.10. The van der Waals surface area contributed by atoms with Gasteiger partial charge in [0.15, 0.2) is 11.0 Å². The van der Waals surface area contributed by atoms with Crippen molar-refractivity contribution in [2.45, 2.75) is 13.8 Å². The van der Waals surface area contributed by atoms with Crippen LogP contribution in [0.1, 0.15) is 16.9 Å². The smallest absolute Gasteiger partial charge is 0.196 e. The normalized spacial score (nSPS) is 11.7. The molecule has 0 radical (unpaired) electrons. The van der Waals surface area contributed by atoms with Gasteiger partial charge in [-0.2, -0.15) is 0 Å². The number of hydrogen-bond donors (Lipinski definition) is 0. The summed E-state index contributed by atoms with van der Waals surface area (Å²) in [7, 11) is 0. The standard InChI is InChI=1S/C17H15BrO2/c1-5-7-12(6-2)16-11(4)15(19)13-8-10(3)9-14(18)17(13)20-16/h5-9H,1-2H2,3-4H3/b12-7+. The fourth-order valence-electron chi connectivity index (χ4n) is 2.12. The minimum absolute atomic E-state index is 0.0255. The van der Waals surface area contributed by atoms with Crippen LogP contribution in [-0.2, 0) is 0 Å². The largest absolute Gasteiger partial charge is 0.454 e. The Bertz CT molecular complexity index is 795. The zero-order valence-electron chi connectivity index (χ0n) is 11.5. The van der Waals surface area contributed by atoms with E-state index in [4.69, 9.17) is 4.42 Å². The molecular formula is C17H15BrO2. The fraction of sp³-hybridized carbons (Fsp3) is 0.118. The molecule has 1 heterocycles. The van der Waals surface area contributed by atoms with E-state index < -0.39 is 0 Å². The number of fused-ring (bicyclic) bond motifs is 1. The molecule has 0 amide bonds. The van der Waals surface area contributed by atoms with Crippen molar-refractivity contribution < 1.29 is 4.42 Å². The monoisotopic (exact) mass is 330 g/mol. The van der Waals surface area contributed by atoms with Crippen LogP contribution >= 0.6 is 15.9 Å². The Hall–Kier alpha value is -1.87. The molecule has 20 heavy (non-hydrogen) atoms. The Morgan fingerprint density at radius 3 is 2.60 bits per heavy atom. The van der Waals surface area contributed by atoms with Gasteiger partial charge in [-0.3, -0.25) is 4.79 Å². The van der Waals surface area contributed by atoms with E-state index in [9.17, 15) is 4.79 Å². The maximum Gasteiger partial charge on any atom is 0.196 e. The molecule has 0 saturated heterocycles. The van der Waals surface area contributed by atoms with E-state index in [0.29, 0.717) is 22.3 Å². The third-order valence-electron chi connectivity index (χ3n) is 3.10. The van der Waals surface area contributed by atoms with E-state index in [1.807, 2.05) is 19.1 Å². The zero-order chi connectivity index (χ0) is 14.9. The molecule has 0 fully saturated rings. The van der Waals surface area contributed by atoms with Crippen LogP contribution in [-0.4, -0.2) is 0 Å². The molecule has 3 heteroatoms. The SMILES string of the molecule is C=C/C=C(\C=C)c1oc2c(Br)cc(C)cc2c(=O)c1C. The average molecular weight is 331 g/mol. The Balaban J connectivity index is 2.93. The summed E-state index contributed by atoms with van der Waals surface area (Å²) in [6.45, 7) is 11.1. The summed E-state index contributed by atoms with van der Waals surface area (Å²) in [5, 5.41) is 0.583. The van der Waals surface area contributed by atoms with Crippen molar-refractivity contribution in [2.75, 3.05) is 0 Å². The number of halogens is 1. The van der Waals surface area contributed by atoms with Crippen molar-refractivity contribution >= 4 is 32.5 Å². The molecule has 0 aliphatic carbocycles. The lowest BCUT2D eigenvalue weighted by molar-refractivity contribution is 0.580. The summed E-state index contributed by atoms with van der Waals surface area (Å²) < 4.78 is 6.70. The molecule has 2 nitrogen and oxygen atoms in total. The van der Waals surface area contributed by atoms with E-state index >= 15 is 0 Å². The highest BCUT2D eigenvalue weighted by atomic mass is 79.9. The van der Waals surface area contributed by atoms with E-state index in [1.54, 1.807) is 25.2 Å². The lowest BCUT2D eigenvalue weighted by Crippen LogP contribution is -2.09. The summed E-state index contributed by atoms with van der Waals surface area (Å²) in [6, 6.07) is 3.77. The lowest BCUT2D eigenvalue weighted by atomic mass is 10.0. The van der Waals surface area contributed by atoms with Gasteiger partial charge in [-0.05, 0) is 47.5 Å². The van der Waals surface area contributed by atoms with Crippen LogP contribution in [0.2, 0.25) is 0 Å². The lowest BCUT2D eigenvalue weighted by Gasteiger charge is -2.09. The summed E-state index contributed by atoms with van der Waals surface area (Å²) in [5.74, 6) is 0.530. The second-order valence-electron chi connectivity index (χ2n) is 4.57. The third kappa shape index (κ3) is 2.41. The maximum absolute atomic E-state index is 12.5. The first kappa shape index (κ1) is 14.5. The molecule has 0 aliphatic heterocycles. The number of hydrogen-bond acceptors (Lipinski definition) is 2. The van der Waals surface area contributed by atoms with Crippen LogP contribution in [0.25, 0.3) is 16.5 Å². The molecule has 0 bridgehead atoms. The minimum Gasteiger partial charge on any atom is -0.454 e.